The molecule has 3 amide bonds. The molecule has 0 spiro atoms. The average Bonchev–Trinajstić information content (AvgIpc) is 3.10. The standard InChI is InChI=1S/C13H16N2O2.C4H10O.C3H7NO2.2C2H4/c1-2-3-9-11-12(16)14-15(13(11)17)10-7-5-4-6-8-10;1-3-5-4-2;1-2-6-3(4)5;2*1-2/h4-8,11H,2-3,9H2,1H3,(H,14,16);3-4H2,1-2H3;2H2,1H3,(H2,4,5);2*1-2H2. The predicted octanol–water partition coefficient (Wildman–Crippen LogP) is 4.62. The Hall–Kier alpha value is -3.13. The highest BCUT2D eigenvalue weighted by Gasteiger charge is 2.39. The Labute approximate surface area is 193 Å². The van der Waals surface area contributed by atoms with Crippen LogP contribution in [0, 0.1) is 5.92 Å². The summed E-state index contributed by atoms with van der Waals surface area (Å²) in [5.74, 6) is -0.850. The zero-order chi connectivity index (χ0) is 25.4. The topological polar surface area (TPSA) is 111 Å². The van der Waals surface area contributed by atoms with Gasteiger partial charge >= 0.3 is 6.09 Å². The number of para-hydroxylation sites is 1. The van der Waals surface area contributed by atoms with Crippen LogP contribution in [-0.2, 0) is 19.1 Å². The highest BCUT2D eigenvalue weighted by Crippen LogP contribution is 2.22. The van der Waals surface area contributed by atoms with Crippen LogP contribution in [0.2, 0.25) is 0 Å². The van der Waals surface area contributed by atoms with Gasteiger partial charge in [-0.3, -0.25) is 15.0 Å². The van der Waals surface area contributed by atoms with E-state index >= 15 is 0 Å². The average molecular weight is 452 g/mol. The molecule has 1 aliphatic heterocycles. The van der Waals surface area contributed by atoms with Gasteiger partial charge in [0.05, 0.1) is 12.3 Å². The number of amides is 3. The molecule has 1 unspecified atom stereocenters. The first-order valence-corrected chi connectivity index (χ1v) is 10.6. The lowest BCUT2D eigenvalue weighted by atomic mass is 10.0. The van der Waals surface area contributed by atoms with Gasteiger partial charge in [-0.05, 0) is 39.3 Å². The summed E-state index contributed by atoms with van der Waals surface area (Å²) in [6.45, 7) is 21.8. The molecule has 8 nitrogen and oxygen atoms in total. The number of nitrogens with two attached hydrogens (primary N) is 1. The fourth-order valence-corrected chi connectivity index (χ4v) is 2.29. The summed E-state index contributed by atoms with van der Waals surface area (Å²) in [6, 6.07) is 9.17. The van der Waals surface area contributed by atoms with Crippen LogP contribution < -0.4 is 16.2 Å². The van der Waals surface area contributed by atoms with Crippen molar-refractivity contribution in [2.75, 3.05) is 24.8 Å². The van der Waals surface area contributed by atoms with Gasteiger partial charge in [-0.1, -0.05) is 38.0 Å². The highest BCUT2D eigenvalue weighted by molar-refractivity contribution is 6.14. The van der Waals surface area contributed by atoms with Crippen molar-refractivity contribution in [3.8, 4) is 0 Å². The number of anilines is 1. The molecule has 8 heteroatoms. The van der Waals surface area contributed by atoms with Crippen LogP contribution in [0.1, 0.15) is 47.0 Å². The lowest BCUT2D eigenvalue weighted by Crippen LogP contribution is -2.35. The first kappa shape index (κ1) is 33.5. The van der Waals surface area contributed by atoms with Crippen LogP contribution >= 0.6 is 0 Å². The Kier molecular flexibility index (Phi) is 25.3. The highest BCUT2D eigenvalue weighted by atomic mass is 16.5. The molecular weight excluding hydrogens is 410 g/mol. The molecule has 1 heterocycles. The molecule has 1 fully saturated rings. The van der Waals surface area contributed by atoms with Crippen molar-refractivity contribution in [2.45, 2.75) is 47.0 Å². The maximum absolute atomic E-state index is 12.1. The second kappa shape index (κ2) is 24.1. The van der Waals surface area contributed by atoms with E-state index in [1.807, 2.05) is 39.0 Å². The molecule has 1 aromatic rings. The number of unbranched alkanes of at least 4 members (excludes halogenated alkanes) is 1. The Morgan fingerprint density at radius 3 is 1.88 bits per heavy atom. The number of hydrogen-bond acceptors (Lipinski definition) is 5. The van der Waals surface area contributed by atoms with Gasteiger partial charge in [0.2, 0.25) is 0 Å². The third kappa shape index (κ3) is 15.7. The SMILES string of the molecule is C=C.C=C.CCCCC1C(=O)NN(c2ccccc2)C1=O.CCOC(N)=O.CCOCC. The normalized spacial score (nSPS) is 13.4. The molecule has 0 saturated carbocycles. The summed E-state index contributed by atoms with van der Waals surface area (Å²) in [7, 11) is 0. The molecule has 32 heavy (non-hydrogen) atoms. The third-order valence-corrected chi connectivity index (χ3v) is 3.61. The molecule has 0 aromatic heterocycles. The number of hydrogen-bond donors (Lipinski definition) is 2. The molecule has 1 aromatic carbocycles. The van der Waals surface area contributed by atoms with Gasteiger partial charge in [0.1, 0.15) is 5.92 Å². The molecule has 2 rings (SSSR count). The van der Waals surface area contributed by atoms with Crippen molar-refractivity contribution < 1.29 is 23.9 Å². The van der Waals surface area contributed by atoms with E-state index in [-0.39, 0.29) is 11.8 Å². The van der Waals surface area contributed by atoms with Crippen molar-refractivity contribution in [1.82, 2.24) is 5.43 Å². The smallest absolute Gasteiger partial charge is 0.404 e. The van der Waals surface area contributed by atoms with E-state index in [0.29, 0.717) is 18.7 Å². The molecule has 3 N–H and O–H groups in total. The van der Waals surface area contributed by atoms with Crippen LogP contribution in [0.5, 0.6) is 0 Å². The van der Waals surface area contributed by atoms with Crippen LogP contribution in [0.15, 0.2) is 56.6 Å². The summed E-state index contributed by atoms with van der Waals surface area (Å²) in [5.41, 5.74) is 7.88. The van der Waals surface area contributed by atoms with E-state index in [0.717, 1.165) is 26.1 Å². The van der Waals surface area contributed by atoms with E-state index in [9.17, 15) is 14.4 Å². The minimum absolute atomic E-state index is 0.144. The summed E-state index contributed by atoms with van der Waals surface area (Å²) < 4.78 is 9.01. The second-order valence-electron chi connectivity index (χ2n) is 5.71. The van der Waals surface area contributed by atoms with Crippen LogP contribution in [0.4, 0.5) is 10.5 Å². The van der Waals surface area contributed by atoms with Gasteiger partial charge in [0.25, 0.3) is 11.8 Å². The maximum Gasteiger partial charge on any atom is 0.404 e. The van der Waals surface area contributed by atoms with Crippen LogP contribution in [0.3, 0.4) is 0 Å². The number of primary amides is 1. The summed E-state index contributed by atoms with van der Waals surface area (Å²) in [5, 5.41) is 1.35. The van der Waals surface area contributed by atoms with Gasteiger partial charge in [-0.2, -0.15) is 0 Å². The van der Waals surface area contributed by atoms with E-state index < -0.39 is 12.0 Å². The lowest BCUT2D eigenvalue weighted by molar-refractivity contribution is -0.127. The number of hydrazine groups is 1. The fourth-order valence-electron chi connectivity index (χ4n) is 2.29. The van der Waals surface area contributed by atoms with Gasteiger partial charge < -0.3 is 15.2 Å². The zero-order valence-electron chi connectivity index (χ0n) is 20.1. The zero-order valence-corrected chi connectivity index (χ0v) is 20.1. The monoisotopic (exact) mass is 451 g/mol. The quantitative estimate of drug-likeness (QED) is 0.464. The third-order valence-electron chi connectivity index (χ3n) is 3.61. The minimum atomic E-state index is -0.711. The molecule has 1 atom stereocenters. The van der Waals surface area contributed by atoms with Gasteiger partial charge in [-0.15, -0.1) is 26.3 Å². The van der Waals surface area contributed by atoms with E-state index in [2.05, 4.69) is 42.2 Å². The Bertz CT molecular complexity index is 607. The predicted molar refractivity (Wildman–Crippen MR) is 131 cm³/mol. The van der Waals surface area contributed by atoms with Crippen LogP contribution in [-0.4, -0.2) is 37.7 Å². The maximum atomic E-state index is 12.1. The Morgan fingerprint density at radius 1 is 1.00 bits per heavy atom. The lowest BCUT2D eigenvalue weighted by Gasteiger charge is -2.14. The number of rotatable bonds is 7. The summed E-state index contributed by atoms with van der Waals surface area (Å²) in [6.07, 6.45) is 1.80. The van der Waals surface area contributed by atoms with Crippen molar-refractivity contribution >= 4 is 23.6 Å². The second-order valence-corrected chi connectivity index (χ2v) is 5.71. The molecule has 0 aliphatic carbocycles. The molecular formula is C24H41N3O5. The van der Waals surface area contributed by atoms with E-state index in [1.54, 1.807) is 19.1 Å². The van der Waals surface area contributed by atoms with Crippen molar-refractivity contribution in [1.29, 1.82) is 0 Å². The van der Waals surface area contributed by atoms with E-state index in [4.69, 9.17) is 4.74 Å². The molecule has 1 saturated heterocycles. The minimum Gasteiger partial charge on any atom is -0.450 e. The number of carbonyl (C=O) groups is 3. The van der Waals surface area contributed by atoms with Gasteiger partial charge in [0, 0.05) is 13.2 Å². The van der Waals surface area contributed by atoms with Crippen LogP contribution in [0.25, 0.3) is 0 Å². The number of benzene rings is 1. The van der Waals surface area contributed by atoms with Crippen molar-refractivity contribution in [3.05, 3.63) is 56.6 Å². The number of carbonyl (C=O) groups excluding carboxylic acids is 3. The molecule has 0 bridgehead atoms. The first-order valence-electron chi connectivity index (χ1n) is 10.6. The Balaban J connectivity index is -0.000000466. The molecule has 182 valence electrons. The van der Waals surface area contributed by atoms with Crippen molar-refractivity contribution in [3.63, 3.8) is 0 Å². The van der Waals surface area contributed by atoms with Crippen molar-refractivity contribution in [2.24, 2.45) is 11.7 Å². The summed E-state index contributed by atoms with van der Waals surface area (Å²) >= 11 is 0. The largest absolute Gasteiger partial charge is 0.450 e. The molecule has 0 radical (unpaired) electrons. The van der Waals surface area contributed by atoms with Gasteiger partial charge in [-0.25, -0.2) is 9.80 Å². The summed E-state index contributed by atoms with van der Waals surface area (Å²) in [4.78, 5) is 33.4. The first-order chi connectivity index (χ1) is 15.4. The van der Waals surface area contributed by atoms with E-state index in [1.165, 1.54) is 5.01 Å². The van der Waals surface area contributed by atoms with Gasteiger partial charge in [0.15, 0.2) is 0 Å². The molecule has 1 aliphatic rings. The number of nitrogens with one attached hydrogen (secondary N) is 1. The fraction of sp³-hybridized carbons (Fsp3) is 0.458. The number of nitrogens with zero attached hydrogens (tertiary/aromatic N) is 1. The Morgan fingerprint density at radius 2 is 1.53 bits per heavy atom. The number of ether oxygens (including phenoxy) is 2.